The van der Waals surface area contributed by atoms with E-state index in [2.05, 4.69) is 10.2 Å². The summed E-state index contributed by atoms with van der Waals surface area (Å²) in [5.74, 6) is 0.134. The lowest BCUT2D eigenvalue weighted by Gasteiger charge is -2.12. The monoisotopic (exact) mass is 245 g/mol. The summed E-state index contributed by atoms with van der Waals surface area (Å²) in [4.78, 5) is 13.6. The van der Waals surface area contributed by atoms with Crippen LogP contribution in [-0.4, -0.2) is 57.8 Å². The molecule has 3 N–H and O–H groups in total. The van der Waals surface area contributed by atoms with Crippen LogP contribution in [0.4, 0.5) is 0 Å². The number of carbonyl (C=O) groups excluding carboxylic acids is 1. The Hall–Kier alpha value is -0.650. The smallest absolute Gasteiger partial charge is 0.222 e. The number of likely N-dealkylation sites (N-methyl/N-ethyl adjacent to an activating group) is 1. The average Bonchev–Trinajstić information content (AvgIpc) is 2.29. The van der Waals surface area contributed by atoms with E-state index in [1.807, 2.05) is 21.0 Å². The molecular formula is C12H27N3O2. The van der Waals surface area contributed by atoms with Crippen molar-refractivity contribution in [2.24, 2.45) is 11.7 Å². The third-order valence-corrected chi connectivity index (χ3v) is 2.52. The van der Waals surface area contributed by atoms with Gasteiger partial charge in [-0.25, -0.2) is 0 Å². The maximum atomic E-state index is 11.6. The minimum atomic E-state index is 0.0420. The first kappa shape index (κ1) is 16.4. The van der Waals surface area contributed by atoms with Crippen LogP contribution in [0.25, 0.3) is 0 Å². The van der Waals surface area contributed by atoms with Crippen molar-refractivity contribution in [3.8, 4) is 0 Å². The highest BCUT2D eigenvalue weighted by molar-refractivity contribution is 5.78. The number of carbonyl (C=O) groups is 1. The first-order valence-electron chi connectivity index (χ1n) is 6.28. The lowest BCUT2D eigenvalue weighted by Crippen LogP contribution is -2.32. The topological polar surface area (TPSA) is 67.6 Å². The molecule has 1 atom stereocenters. The molecule has 0 aliphatic heterocycles. The summed E-state index contributed by atoms with van der Waals surface area (Å²) in [7, 11) is 4.01. The molecule has 0 aromatic rings. The van der Waals surface area contributed by atoms with E-state index in [1.54, 1.807) is 0 Å². The molecule has 0 aliphatic carbocycles. The molecule has 1 unspecified atom stereocenters. The maximum Gasteiger partial charge on any atom is 0.222 e. The third-order valence-electron chi connectivity index (χ3n) is 2.52. The van der Waals surface area contributed by atoms with Crippen LogP contribution in [0, 0.1) is 5.92 Å². The minimum Gasteiger partial charge on any atom is -0.378 e. The Labute approximate surface area is 105 Å². The van der Waals surface area contributed by atoms with Crippen LogP contribution in [0.1, 0.15) is 19.8 Å². The molecule has 0 aromatic heterocycles. The Bertz CT molecular complexity index is 198. The van der Waals surface area contributed by atoms with Gasteiger partial charge in [0.1, 0.15) is 0 Å². The predicted molar refractivity (Wildman–Crippen MR) is 69.8 cm³/mol. The predicted octanol–water partition coefficient (Wildman–Crippen LogP) is 0.0558. The van der Waals surface area contributed by atoms with Gasteiger partial charge in [-0.3, -0.25) is 4.79 Å². The minimum absolute atomic E-state index is 0.0420. The average molecular weight is 245 g/mol. The van der Waals surface area contributed by atoms with E-state index in [0.29, 0.717) is 26.3 Å². The molecule has 0 aromatic carbocycles. The van der Waals surface area contributed by atoms with Gasteiger partial charge in [-0.2, -0.15) is 0 Å². The van der Waals surface area contributed by atoms with Crippen LogP contribution in [-0.2, 0) is 9.53 Å². The van der Waals surface area contributed by atoms with Crippen molar-refractivity contribution >= 4 is 5.91 Å². The second-order valence-electron chi connectivity index (χ2n) is 4.54. The highest BCUT2D eigenvalue weighted by Crippen LogP contribution is 2.03. The maximum absolute atomic E-state index is 11.6. The molecule has 0 heterocycles. The van der Waals surface area contributed by atoms with Gasteiger partial charge in [-0.1, -0.05) is 6.92 Å². The Morgan fingerprint density at radius 3 is 2.71 bits per heavy atom. The van der Waals surface area contributed by atoms with E-state index >= 15 is 0 Å². The summed E-state index contributed by atoms with van der Waals surface area (Å²) < 4.78 is 5.38. The van der Waals surface area contributed by atoms with Crippen LogP contribution in [0.15, 0.2) is 0 Å². The molecule has 0 radical (unpaired) electrons. The van der Waals surface area contributed by atoms with Gasteiger partial charge >= 0.3 is 0 Å². The van der Waals surface area contributed by atoms with E-state index in [9.17, 15) is 4.79 Å². The van der Waals surface area contributed by atoms with Crippen LogP contribution in [0.2, 0.25) is 0 Å². The highest BCUT2D eigenvalue weighted by Gasteiger charge is 2.10. The van der Waals surface area contributed by atoms with Crippen molar-refractivity contribution < 1.29 is 9.53 Å². The quantitative estimate of drug-likeness (QED) is 0.534. The van der Waals surface area contributed by atoms with E-state index < -0.39 is 0 Å². The van der Waals surface area contributed by atoms with Crippen LogP contribution in [0.3, 0.4) is 0 Å². The lowest BCUT2D eigenvalue weighted by atomic mass is 10.1. The molecule has 0 fully saturated rings. The summed E-state index contributed by atoms with van der Waals surface area (Å²) >= 11 is 0. The number of hydrogen-bond donors (Lipinski definition) is 2. The number of ether oxygens (including phenoxy) is 1. The fourth-order valence-electron chi connectivity index (χ4n) is 1.32. The summed E-state index contributed by atoms with van der Waals surface area (Å²) in [6.45, 7) is 5.33. The highest BCUT2D eigenvalue weighted by atomic mass is 16.5. The van der Waals surface area contributed by atoms with Gasteiger partial charge in [-0.15, -0.1) is 0 Å². The number of nitrogens with two attached hydrogens (primary N) is 1. The first-order chi connectivity index (χ1) is 8.07. The number of rotatable bonds is 10. The molecule has 5 nitrogen and oxygen atoms in total. The van der Waals surface area contributed by atoms with Gasteiger partial charge in [0.05, 0.1) is 13.2 Å². The zero-order valence-corrected chi connectivity index (χ0v) is 11.4. The lowest BCUT2D eigenvalue weighted by molar-refractivity contribution is -0.124. The SMILES string of the molecule is CC(CCCN)C(=O)NCCOCCN(C)C. The molecular weight excluding hydrogens is 218 g/mol. The van der Waals surface area contributed by atoms with Gasteiger partial charge in [0.2, 0.25) is 5.91 Å². The summed E-state index contributed by atoms with van der Waals surface area (Å²) in [6, 6.07) is 0. The molecule has 1 amide bonds. The van der Waals surface area contributed by atoms with Gasteiger partial charge in [0.25, 0.3) is 0 Å². The van der Waals surface area contributed by atoms with Crippen molar-refractivity contribution in [1.29, 1.82) is 0 Å². The fourth-order valence-corrected chi connectivity index (χ4v) is 1.32. The van der Waals surface area contributed by atoms with Crippen molar-refractivity contribution in [3.63, 3.8) is 0 Å². The molecule has 0 bridgehead atoms. The largest absolute Gasteiger partial charge is 0.378 e. The number of hydrogen-bond acceptors (Lipinski definition) is 4. The van der Waals surface area contributed by atoms with Gasteiger partial charge in [-0.05, 0) is 33.5 Å². The number of nitrogens with zero attached hydrogens (tertiary/aromatic N) is 1. The summed E-state index contributed by atoms with van der Waals surface area (Å²) in [6.07, 6.45) is 1.75. The van der Waals surface area contributed by atoms with Crippen LogP contribution in [0.5, 0.6) is 0 Å². The van der Waals surface area contributed by atoms with Crippen molar-refractivity contribution in [1.82, 2.24) is 10.2 Å². The summed E-state index contributed by atoms with van der Waals surface area (Å²) in [5, 5.41) is 2.86. The van der Waals surface area contributed by atoms with Gasteiger partial charge < -0.3 is 20.7 Å². The van der Waals surface area contributed by atoms with Crippen LogP contribution >= 0.6 is 0 Å². The fraction of sp³-hybridized carbons (Fsp3) is 0.917. The van der Waals surface area contributed by atoms with E-state index in [-0.39, 0.29) is 11.8 Å². The Kier molecular flexibility index (Phi) is 10.1. The van der Waals surface area contributed by atoms with Gasteiger partial charge in [0, 0.05) is 19.0 Å². The first-order valence-corrected chi connectivity index (χ1v) is 6.28. The Morgan fingerprint density at radius 1 is 1.41 bits per heavy atom. The molecule has 102 valence electrons. The molecule has 0 saturated heterocycles. The molecule has 0 aliphatic rings. The van der Waals surface area contributed by atoms with E-state index in [1.165, 1.54) is 0 Å². The number of nitrogens with one attached hydrogen (secondary N) is 1. The molecule has 0 spiro atoms. The molecule has 17 heavy (non-hydrogen) atoms. The Morgan fingerprint density at radius 2 is 2.12 bits per heavy atom. The molecule has 5 heteroatoms. The molecule has 0 saturated carbocycles. The van der Waals surface area contributed by atoms with Crippen LogP contribution < -0.4 is 11.1 Å². The van der Waals surface area contributed by atoms with E-state index in [0.717, 1.165) is 19.4 Å². The van der Waals surface area contributed by atoms with Crippen molar-refractivity contribution in [2.45, 2.75) is 19.8 Å². The zero-order valence-electron chi connectivity index (χ0n) is 11.4. The second kappa shape index (κ2) is 10.5. The normalized spacial score (nSPS) is 12.8. The molecule has 0 rings (SSSR count). The standard InChI is InChI=1S/C12H27N3O2/c1-11(5-4-6-13)12(16)14-7-9-17-10-8-15(2)3/h11H,4-10,13H2,1-3H3,(H,14,16). The van der Waals surface area contributed by atoms with E-state index in [4.69, 9.17) is 10.5 Å². The van der Waals surface area contributed by atoms with Crippen molar-refractivity contribution in [2.75, 3.05) is 46.9 Å². The Balaban J connectivity index is 3.38. The van der Waals surface area contributed by atoms with Crippen molar-refractivity contribution in [3.05, 3.63) is 0 Å². The second-order valence-corrected chi connectivity index (χ2v) is 4.54. The summed E-state index contributed by atoms with van der Waals surface area (Å²) in [5.41, 5.74) is 5.40. The zero-order chi connectivity index (χ0) is 13.1. The van der Waals surface area contributed by atoms with Gasteiger partial charge in [0.15, 0.2) is 0 Å². The number of amides is 1. The third kappa shape index (κ3) is 10.2.